The van der Waals surface area contributed by atoms with Gasteiger partial charge in [-0.3, -0.25) is 0 Å². The van der Waals surface area contributed by atoms with Crippen molar-refractivity contribution in [2.45, 2.75) is 59.0 Å². The van der Waals surface area contributed by atoms with Gasteiger partial charge in [0.2, 0.25) is 0 Å². The first-order valence-electron chi connectivity index (χ1n) is 12.5. The zero-order valence-corrected chi connectivity index (χ0v) is 29.6. The van der Waals surface area contributed by atoms with Crippen LogP contribution in [0, 0.1) is 0 Å². The SMILES string of the molecule is COC(OC)c1ccc2sc(SSSSc3nc4c(CCC[Si])c(C(OC)OC)ccc4s3)nc2c1CCC[Si]. The Morgan fingerprint density at radius 3 is 1.43 bits per heavy atom. The number of aryl methyl sites for hydroxylation is 2. The molecule has 40 heavy (non-hydrogen) atoms. The maximum Gasteiger partial charge on any atom is 0.183 e. The van der Waals surface area contributed by atoms with Crippen LogP contribution in [0.5, 0.6) is 0 Å². The van der Waals surface area contributed by atoms with Gasteiger partial charge in [0.1, 0.15) is 0 Å². The summed E-state index contributed by atoms with van der Waals surface area (Å²) in [7, 11) is 20.7. The Labute approximate surface area is 265 Å². The lowest BCUT2D eigenvalue weighted by Crippen LogP contribution is -2.07. The number of benzene rings is 2. The van der Waals surface area contributed by atoms with Crippen LogP contribution in [0.4, 0.5) is 0 Å². The first-order chi connectivity index (χ1) is 19.6. The molecule has 0 unspecified atom stereocenters. The molecule has 2 heterocycles. The Kier molecular flexibility index (Phi) is 13.7. The zero-order chi connectivity index (χ0) is 28.5. The number of aromatic nitrogens is 2. The summed E-state index contributed by atoms with van der Waals surface area (Å²) in [5, 5.41) is 0. The summed E-state index contributed by atoms with van der Waals surface area (Å²) in [6.45, 7) is 0. The number of hydrogen-bond donors (Lipinski definition) is 0. The van der Waals surface area contributed by atoms with E-state index in [-0.39, 0.29) is 0 Å². The molecule has 0 saturated heterocycles. The molecule has 6 radical (unpaired) electrons. The van der Waals surface area contributed by atoms with Crippen LogP contribution in [-0.4, -0.2) is 58.9 Å². The average molecular weight is 683 g/mol. The van der Waals surface area contributed by atoms with Crippen molar-refractivity contribution in [2.75, 3.05) is 28.4 Å². The van der Waals surface area contributed by atoms with Crippen molar-refractivity contribution in [2.24, 2.45) is 0 Å². The summed E-state index contributed by atoms with van der Waals surface area (Å²) in [5.74, 6) is 0. The average Bonchev–Trinajstić information content (AvgIpc) is 3.59. The molecule has 0 amide bonds. The van der Waals surface area contributed by atoms with E-state index >= 15 is 0 Å². The third kappa shape index (κ3) is 7.88. The fraction of sp³-hybridized carbons (Fsp3) is 0.462. The van der Waals surface area contributed by atoms with E-state index < -0.39 is 12.6 Å². The highest BCUT2D eigenvalue weighted by molar-refractivity contribution is 9.26. The molecule has 212 valence electrons. The van der Waals surface area contributed by atoms with Crippen molar-refractivity contribution >= 4 is 105 Å². The van der Waals surface area contributed by atoms with Crippen molar-refractivity contribution in [3.63, 3.8) is 0 Å². The standard InChI is InChI=1S/C26H30N2O4S6Si2/c1-29-23(30-2)17-9-11-19-21(15(17)7-5-13-39)27-25(33-19)35-37-38-36-26-28-22-16(8-6-14-40)18(24(31-3)32-4)10-12-20(22)34-26/h9-12,23-24H,5-8,13-14H2,1-4H3. The lowest BCUT2D eigenvalue weighted by molar-refractivity contribution is -0.106. The van der Waals surface area contributed by atoms with Crippen molar-refractivity contribution in [1.29, 1.82) is 0 Å². The molecule has 0 N–H and O–H groups in total. The van der Waals surface area contributed by atoms with Gasteiger partial charge in [0.05, 0.1) is 20.4 Å². The minimum atomic E-state index is -0.395. The smallest absolute Gasteiger partial charge is 0.183 e. The fourth-order valence-electron chi connectivity index (χ4n) is 4.44. The molecule has 6 nitrogen and oxygen atoms in total. The summed E-state index contributed by atoms with van der Waals surface area (Å²) in [6.07, 6.45) is 3.07. The van der Waals surface area contributed by atoms with Gasteiger partial charge in [-0.1, -0.05) is 37.1 Å². The Morgan fingerprint density at radius 1 is 0.675 bits per heavy atom. The Morgan fingerprint density at radius 2 is 1.07 bits per heavy atom. The molecule has 0 aliphatic heterocycles. The van der Waals surface area contributed by atoms with E-state index in [2.05, 4.69) is 44.8 Å². The predicted molar refractivity (Wildman–Crippen MR) is 177 cm³/mol. The molecule has 0 atom stereocenters. The van der Waals surface area contributed by atoms with Crippen molar-refractivity contribution in [1.82, 2.24) is 9.97 Å². The highest BCUT2D eigenvalue weighted by Crippen LogP contribution is 2.52. The van der Waals surface area contributed by atoms with Crippen LogP contribution in [0.3, 0.4) is 0 Å². The number of ether oxygens (including phenoxy) is 4. The second kappa shape index (κ2) is 16.7. The molecular formula is C26H30N2O4S6Si2. The van der Waals surface area contributed by atoms with E-state index in [1.54, 1.807) is 92.4 Å². The second-order valence-corrected chi connectivity index (χ2v) is 17.8. The van der Waals surface area contributed by atoms with Gasteiger partial charge >= 0.3 is 0 Å². The lowest BCUT2D eigenvalue weighted by Gasteiger charge is -2.18. The van der Waals surface area contributed by atoms with E-state index in [0.29, 0.717) is 0 Å². The minimum absolute atomic E-state index is 0.395. The van der Waals surface area contributed by atoms with Gasteiger partial charge in [-0.25, -0.2) is 9.97 Å². The van der Waals surface area contributed by atoms with Crippen molar-refractivity contribution < 1.29 is 18.9 Å². The first kappa shape index (κ1) is 32.8. The molecule has 0 saturated carbocycles. The number of hydrogen-bond acceptors (Lipinski definition) is 12. The van der Waals surface area contributed by atoms with Gasteiger partial charge in [-0.05, 0) is 77.3 Å². The number of thiazole rings is 2. The summed E-state index contributed by atoms with van der Waals surface area (Å²) >= 11 is 3.45. The quantitative estimate of drug-likeness (QED) is 0.0468. The molecule has 4 rings (SSSR count). The van der Waals surface area contributed by atoms with E-state index in [1.807, 2.05) is 0 Å². The molecule has 0 aliphatic rings. The Hall–Kier alpha value is -0.106. The van der Waals surface area contributed by atoms with Crippen molar-refractivity contribution in [3.8, 4) is 0 Å². The van der Waals surface area contributed by atoms with Gasteiger partial charge in [0, 0.05) is 60.1 Å². The summed E-state index contributed by atoms with van der Waals surface area (Å²) < 4.78 is 26.7. The molecule has 2 aromatic heterocycles. The Bertz CT molecular complexity index is 1280. The molecule has 2 aromatic carbocycles. The van der Waals surface area contributed by atoms with Gasteiger partial charge in [0.15, 0.2) is 21.3 Å². The highest BCUT2D eigenvalue weighted by Gasteiger charge is 2.21. The molecule has 0 aliphatic carbocycles. The van der Waals surface area contributed by atoms with Crippen molar-refractivity contribution in [3.05, 3.63) is 46.5 Å². The largest absolute Gasteiger partial charge is 0.352 e. The third-order valence-corrected chi connectivity index (χ3v) is 15.6. The second-order valence-electron chi connectivity index (χ2n) is 8.54. The molecule has 0 bridgehead atoms. The van der Waals surface area contributed by atoms with E-state index in [9.17, 15) is 0 Å². The van der Waals surface area contributed by atoms with Crippen LogP contribution >= 0.6 is 63.9 Å². The molecule has 14 heteroatoms. The van der Waals surface area contributed by atoms with Gasteiger partial charge in [-0.2, -0.15) is 0 Å². The van der Waals surface area contributed by atoms with Gasteiger partial charge in [-0.15, -0.1) is 22.7 Å². The van der Waals surface area contributed by atoms with Crippen LogP contribution in [0.2, 0.25) is 12.1 Å². The Balaban J connectivity index is 1.46. The van der Waals surface area contributed by atoms with E-state index in [4.69, 9.17) is 28.9 Å². The molecule has 4 aromatic rings. The summed E-state index contributed by atoms with van der Waals surface area (Å²) in [6, 6.07) is 10.3. The topological polar surface area (TPSA) is 62.7 Å². The van der Waals surface area contributed by atoms with E-state index in [1.165, 1.54) is 20.5 Å². The zero-order valence-electron chi connectivity index (χ0n) is 22.7. The molecule has 0 spiro atoms. The maximum absolute atomic E-state index is 5.57. The predicted octanol–water partition coefficient (Wildman–Crippen LogP) is 8.62. The summed E-state index contributed by atoms with van der Waals surface area (Å²) in [5.41, 5.74) is 6.60. The van der Waals surface area contributed by atoms with E-state index in [0.717, 1.165) is 68.6 Å². The van der Waals surface area contributed by atoms with Crippen LogP contribution in [0.25, 0.3) is 20.4 Å². The summed E-state index contributed by atoms with van der Waals surface area (Å²) in [4.78, 5) is 10.0. The van der Waals surface area contributed by atoms with Gasteiger partial charge < -0.3 is 18.9 Å². The lowest BCUT2D eigenvalue weighted by atomic mass is 10.0. The van der Waals surface area contributed by atoms with Crippen LogP contribution < -0.4 is 0 Å². The monoisotopic (exact) mass is 682 g/mol. The number of fused-ring (bicyclic) bond motifs is 2. The van der Waals surface area contributed by atoms with Crippen LogP contribution in [0.15, 0.2) is 32.9 Å². The minimum Gasteiger partial charge on any atom is -0.352 e. The van der Waals surface area contributed by atoms with Crippen LogP contribution in [-0.2, 0) is 31.8 Å². The third-order valence-electron chi connectivity index (χ3n) is 6.17. The maximum atomic E-state index is 5.57. The number of rotatable bonds is 17. The normalized spacial score (nSPS) is 12.1. The van der Waals surface area contributed by atoms with Crippen LogP contribution in [0.1, 0.15) is 47.7 Å². The fourth-order valence-corrected chi connectivity index (χ4v) is 13.4. The number of nitrogens with zero attached hydrogens (tertiary/aromatic N) is 2. The number of methoxy groups -OCH3 is 4. The highest BCUT2D eigenvalue weighted by atomic mass is 33.7. The molecule has 0 fully saturated rings. The molecular weight excluding hydrogens is 653 g/mol. The first-order valence-corrected chi connectivity index (χ1v) is 20.4. The van der Waals surface area contributed by atoms with Gasteiger partial charge in [0.25, 0.3) is 0 Å².